The van der Waals surface area contributed by atoms with Gasteiger partial charge >= 0.3 is 0 Å². The maximum absolute atomic E-state index is 11.3. The minimum atomic E-state index is -3.67. The number of halogens is 1. The van der Waals surface area contributed by atoms with Crippen LogP contribution in [0.15, 0.2) is 41.3 Å². The third-order valence-electron chi connectivity index (χ3n) is 3.37. The van der Waals surface area contributed by atoms with Crippen LogP contribution in [0, 0.1) is 20.8 Å². The van der Waals surface area contributed by atoms with E-state index in [9.17, 15) is 8.42 Å². The largest absolute Gasteiger partial charge is 0.261 e. The maximum Gasteiger partial charge on any atom is 0.261 e. The van der Waals surface area contributed by atoms with Gasteiger partial charge in [0, 0.05) is 10.7 Å². The zero-order valence-corrected chi connectivity index (χ0v) is 12.6. The van der Waals surface area contributed by atoms with Crippen LogP contribution in [0.25, 0.3) is 11.1 Å². The Kier molecular flexibility index (Phi) is 3.70. The van der Waals surface area contributed by atoms with Gasteiger partial charge in [-0.3, -0.25) is 0 Å². The van der Waals surface area contributed by atoms with Crippen LogP contribution in [0.1, 0.15) is 16.7 Å². The summed E-state index contributed by atoms with van der Waals surface area (Å²) in [6.07, 6.45) is 0. The maximum atomic E-state index is 11.3. The summed E-state index contributed by atoms with van der Waals surface area (Å²) in [6, 6.07) is 11.1. The van der Waals surface area contributed by atoms with Crippen molar-refractivity contribution in [1.82, 2.24) is 0 Å². The van der Waals surface area contributed by atoms with Gasteiger partial charge in [-0.2, -0.15) is 0 Å². The molecule has 0 amide bonds. The Balaban J connectivity index is 2.62. The van der Waals surface area contributed by atoms with E-state index in [0.29, 0.717) is 0 Å². The quantitative estimate of drug-likeness (QED) is 0.778. The van der Waals surface area contributed by atoms with E-state index in [0.717, 1.165) is 16.7 Å². The predicted octanol–water partition coefficient (Wildman–Crippen LogP) is 4.21. The van der Waals surface area contributed by atoms with Gasteiger partial charge in [0.15, 0.2) is 0 Å². The van der Waals surface area contributed by atoms with E-state index in [1.54, 1.807) is 12.1 Å². The fourth-order valence-electron chi connectivity index (χ4n) is 2.13. The first kappa shape index (κ1) is 14.1. The summed E-state index contributed by atoms with van der Waals surface area (Å²) in [5.74, 6) is 0. The second kappa shape index (κ2) is 4.99. The third kappa shape index (κ3) is 2.82. The Morgan fingerprint density at radius 1 is 0.895 bits per heavy atom. The first-order valence-corrected chi connectivity index (χ1v) is 8.23. The second-order valence-corrected chi connectivity index (χ2v) is 7.23. The van der Waals surface area contributed by atoms with E-state index in [1.807, 2.05) is 25.1 Å². The summed E-state index contributed by atoms with van der Waals surface area (Å²) in [4.78, 5) is 0.140. The van der Waals surface area contributed by atoms with Crippen LogP contribution in [-0.2, 0) is 9.05 Å². The minimum Gasteiger partial charge on any atom is -0.207 e. The van der Waals surface area contributed by atoms with Crippen molar-refractivity contribution in [3.8, 4) is 11.1 Å². The van der Waals surface area contributed by atoms with Crippen molar-refractivity contribution in [1.29, 1.82) is 0 Å². The number of hydrogen-bond donors (Lipinski definition) is 0. The normalized spacial score (nSPS) is 11.6. The lowest BCUT2D eigenvalue weighted by molar-refractivity contribution is 0.609. The van der Waals surface area contributed by atoms with Gasteiger partial charge in [0.2, 0.25) is 0 Å². The fraction of sp³-hybridized carbons (Fsp3) is 0.200. The highest BCUT2D eigenvalue weighted by Gasteiger charge is 2.13. The average Bonchev–Trinajstić information content (AvgIpc) is 2.32. The van der Waals surface area contributed by atoms with Gasteiger partial charge in [0.1, 0.15) is 0 Å². The van der Waals surface area contributed by atoms with E-state index in [4.69, 9.17) is 10.7 Å². The molecule has 0 fully saturated rings. The van der Waals surface area contributed by atoms with Crippen molar-refractivity contribution in [2.75, 3.05) is 0 Å². The van der Waals surface area contributed by atoms with Crippen molar-refractivity contribution in [2.45, 2.75) is 25.7 Å². The van der Waals surface area contributed by atoms with Crippen LogP contribution in [0.3, 0.4) is 0 Å². The average molecular weight is 295 g/mol. The smallest absolute Gasteiger partial charge is 0.207 e. The van der Waals surface area contributed by atoms with Crippen LogP contribution < -0.4 is 0 Å². The van der Waals surface area contributed by atoms with Gasteiger partial charge in [0.25, 0.3) is 9.05 Å². The molecule has 0 spiro atoms. The van der Waals surface area contributed by atoms with E-state index >= 15 is 0 Å². The molecule has 0 saturated carbocycles. The van der Waals surface area contributed by atoms with Gasteiger partial charge in [-0.05, 0) is 60.7 Å². The lowest BCUT2D eigenvalue weighted by atomic mass is 9.94. The molecule has 2 rings (SSSR count). The summed E-state index contributed by atoms with van der Waals surface area (Å²) in [5, 5.41) is 0. The Hall–Kier alpha value is -1.32. The Labute approximate surface area is 118 Å². The zero-order chi connectivity index (χ0) is 14.2. The highest BCUT2D eigenvalue weighted by molar-refractivity contribution is 8.13. The van der Waals surface area contributed by atoms with Crippen molar-refractivity contribution in [3.05, 3.63) is 53.1 Å². The lowest BCUT2D eigenvalue weighted by Gasteiger charge is -2.12. The third-order valence-corrected chi connectivity index (χ3v) is 4.73. The first-order chi connectivity index (χ1) is 8.80. The Morgan fingerprint density at radius 3 is 2.16 bits per heavy atom. The second-order valence-electron chi connectivity index (χ2n) is 4.66. The molecule has 19 heavy (non-hydrogen) atoms. The molecule has 0 bridgehead atoms. The van der Waals surface area contributed by atoms with Crippen molar-refractivity contribution >= 4 is 19.7 Å². The molecule has 0 saturated heterocycles. The number of benzene rings is 2. The SMILES string of the molecule is Cc1cc(S(=O)(=O)Cl)ccc1-c1cccc(C)c1C. The van der Waals surface area contributed by atoms with Crippen molar-refractivity contribution in [3.63, 3.8) is 0 Å². The van der Waals surface area contributed by atoms with E-state index in [-0.39, 0.29) is 4.90 Å². The Bertz CT molecular complexity index is 734. The van der Waals surface area contributed by atoms with Crippen LogP contribution in [0.2, 0.25) is 0 Å². The molecule has 4 heteroatoms. The van der Waals surface area contributed by atoms with Crippen LogP contribution in [0.5, 0.6) is 0 Å². The van der Waals surface area contributed by atoms with Crippen molar-refractivity contribution in [2.24, 2.45) is 0 Å². The number of rotatable bonds is 2. The monoisotopic (exact) mass is 294 g/mol. The van der Waals surface area contributed by atoms with Gasteiger partial charge in [-0.1, -0.05) is 24.3 Å². The molecule has 0 aromatic heterocycles. The summed E-state index contributed by atoms with van der Waals surface area (Å²) in [5.41, 5.74) is 5.47. The topological polar surface area (TPSA) is 34.1 Å². The molecule has 100 valence electrons. The summed E-state index contributed by atoms with van der Waals surface area (Å²) < 4.78 is 22.6. The lowest BCUT2D eigenvalue weighted by Crippen LogP contribution is -1.94. The highest BCUT2D eigenvalue weighted by atomic mass is 35.7. The Morgan fingerprint density at radius 2 is 1.58 bits per heavy atom. The predicted molar refractivity (Wildman–Crippen MR) is 79.1 cm³/mol. The van der Waals surface area contributed by atoms with E-state index < -0.39 is 9.05 Å². The van der Waals surface area contributed by atoms with E-state index in [1.165, 1.54) is 11.1 Å². The summed E-state index contributed by atoms with van der Waals surface area (Å²) in [6.45, 7) is 6.02. The molecule has 2 nitrogen and oxygen atoms in total. The molecule has 0 heterocycles. The summed E-state index contributed by atoms with van der Waals surface area (Å²) >= 11 is 0. The standard InChI is InChI=1S/C15H15ClO2S/c1-10-5-4-6-15(12(10)3)14-8-7-13(9-11(14)2)19(16,17)18/h4-9H,1-3H3. The molecule has 0 aliphatic carbocycles. The zero-order valence-electron chi connectivity index (χ0n) is 11.1. The van der Waals surface area contributed by atoms with Gasteiger partial charge < -0.3 is 0 Å². The van der Waals surface area contributed by atoms with Gasteiger partial charge in [-0.15, -0.1) is 0 Å². The molecule has 0 N–H and O–H groups in total. The molecule has 0 radical (unpaired) electrons. The molecule has 2 aromatic carbocycles. The molecule has 2 aromatic rings. The van der Waals surface area contributed by atoms with Crippen molar-refractivity contribution < 1.29 is 8.42 Å². The van der Waals surface area contributed by atoms with Crippen LogP contribution >= 0.6 is 10.7 Å². The van der Waals surface area contributed by atoms with E-state index in [2.05, 4.69) is 19.9 Å². The molecule has 0 unspecified atom stereocenters. The van der Waals surface area contributed by atoms with Gasteiger partial charge in [0.05, 0.1) is 4.90 Å². The number of hydrogen-bond acceptors (Lipinski definition) is 2. The highest BCUT2D eigenvalue weighted by Crippen LogP contribution is 2.30. The van der Waals surface area contributed by atoms with Gasteiger partial charge in [-0.25, -0.2) is 8.42 Å². The molecular formula is C15H15ClO2S. The first-order valence-electron chi connectivity index (χ1n) is 5.92. The fourth-order valence-corrected chi connectivity index (χ4v) is 2.97. The molecule has 0 aliphatic rings. The molecular weight excluding hydrogens is 280 g/mol. The van der Waals surface area contributed by atoms with Crippen LogP contribution in [0.4, 0.5) is 0 Å². The summed E-state index contributed by atoms with van der Waals surface area (Å²) in [7, 11) is 1.69. The van der Waals surface area contributed by atoms with Crippen LogP contribution in [-0.4, -0.2) is 8.42 Å². The molecule has 0 atom stereocenters. The minimum absolute atomic E-state index is 0.140. The molecule has 0 aliphatic heterocycles. The number of aryl methyl sites for hydroxylation is 2.